The van der Waals surface area contributed by atoms with Gasteiger partial charge in [-0.25, -0.2) is 16.8 Å². The third kappa shape index (κ3) is 5.76. The minimum Gasteiger partial charge on any atom is -0.317 e. The van der Waals surface area contributed by atoms with Crippen molar-refractivity contribution in [1.82, 2.24) is 5.32 Å². The smallest absolute Gasteiger partial charge is 0.178 e. The van der Waals surface area contributed by atoms with Crippen molar-refractivity contribution in [3.05, 3.63) is 24.3 Å². The fourth-order valence-electron chi connectivity index (χ4n) is 1.90. The molecule has 7 heteroatoms. The molecule has 1 rings (SSSR count). The number of benzene rings is 1. The first-order chi connectivity index (χ1) is 9.66. The van der Waals surface area contributed by atoms with Crippen molar-refractivity contribution in [3.63, 3.8) is 0 Å². The SMILES string of the molecule is CNC(C)CCCCS(=O)(=O)c1ccc(S(C)(=O)=O)cc1. The molecule has 1 aromatic carbocycles. The minimum absolute atomic E-state index is 0.0850. The Kier molecular flexibility index (Phi) is 6.37. The molecule has 0 spiro atoms. The van der Waals surface area contributed by atoms with Gasteiger partial charge in [0.25, 0.3) is 0 Å². The normalized spacial score (nSPS) is 14.0. The second kappa shape index (κ2) is 7.38. The zero-order chi connectivity index (χ0) is 16.1. The molecule has 120 valence electrons. The standard InChI is InChI=1S/C14H23NO4S2/c1-12(15-2)6-4-5-11-21(18,19)14-9-7-13(8-10-14)20(3,16)17/h7-10,12,15H,4-6,11H2,1-3H3. The van der Waals surface area contributed by atoms with Crippen LogP contribution >= 0.6 is 0 Å². The summed E-state index contributed by atoms with van der Waals surface area (Å²) in [5.41, 5.74) is 0. The third-order valence-electron chi connectivity index (χ3n) is 3.40. The van der Waals surface area contributed by atoms with Crippen molar-refractivity contribution in [2.24, 2.45) is 0 Å². The fourth-order valence-corrected chi connectivity index (χ4v) is 3.90. The van der Waals surface area contributed by atoms with Crippen LogP contribution in [0, 0.1) is 0 Å². The Labute approximate surface area is 127 Å². The van der Waals surface area contributed by atoms with E-state index in [1.807, 2.05) is 7.05 Å². The maximum Gasteiger partial charge on any atom is 0.178 e. The first kappa shape index (κ1) is 18.1. The maximum atomic E-state index is 12.1. The van der Waals surface area contributed by atoms with Gasteiger partial charge in [-0.15, -0.1) is 0 Å². The Bertz CT molecular complexity index is 649. The van der Waals surface area contributed by atoms with Crippen LogP contribution in [0.15, 0.2) is 34.1 Å². The molecule has 0 radical (unpaired) electrons. The molecule has 0 bridgehead atoms. The van der Waals surface area contributed by atoms with Crippen molar-refractivity contribution in [3.8, 4) is 0 Å². The van der Waals surface area contributed by atoms with Gasteiger partial charge in [0.2, 0.25) is 0 Å². The van der Waals surface area contributed by atoms with Crippen LogP contribution in [-0.2, 0) is 19.7 Å². The molecule has 0 fully saturated rings. The van der Waals surface area contributed by atoms with Crippen LogP contribution in [0.4, 0.5) is 0 Å². The van der Waals surface area contributed by atoms with Crippen LogP contribution in [-0.4, -0.2) is 41.9 Å². The van der Waals surface area contributed by atoms with Crippen molar-refractivity contribution in [2.45, 2.75) is 42.0 Å². The lowest BCUT2D eigenvalue weighted by atomic mass is 10.1. The first-order valence-electron chi connectivity index (χ1n) is 6.87. The summed E-state index contributed by atoms with van der Waals surface area (Å²) in [4.78, 5) is 0.306. The lowest BCUT2D eigenvalue weighted by molar-refractivity contribution is 0.533. The zero-order valence-electron chi connectivity index (χ0n) is 12.7. The van der Waals surface area contributed by atoms with Gasteiger partial charge < -0.3 is 5.32 Å². The van der Waals surface area contributed by atoms with Crippen molar-refractivity contribution >= 4 is 19.7 Å². The average Bonchev–Trinajstić information content (AvgIpc) is 2.42. The molecule has 0 aromatic heterocycles. The molecule has 21 heavy (non-hydrogen) atoms. The summed E-state index contributed by atoms with van der Waals surface area (Å²) < 4.78 is 47.0. The van der Waals surface area contributed by atoms with Crippen molar-refractivity contribution in [2.75, 3.05) is 19.1 Å². The summed E-state index contributed by atoms with van der Waals surface area (Å²) in [6.45, 7) is 2.05. The van der Waals surface area contributed by atoms with Gasteiger partial charge in [0, 0.05) is 12.3 Å². The van der Waals surface area contributed by atoms with Crippen LogP contribution < -0.4 is 5.32 Å². The lowest BCUT2D eigenvalue weighted by Crippen LogP contribution is -2.21. The highest BCUT2D eigenvalue weighted by molar-refractivity contribution is 7.91. The molecule has 0 saturated carbocycles. The van der Waals surface area contributed by atoms with Crippen molar-refractivity contribution < 1.29 is 16.8 Å². The first-order valence-corrected chi connectivity index (χ1v) is 10.4. The fraction of sp³-hybridized carbons (Fsp3) is 0.571. The highest BCUT2D eigenvalue weighted by atomic mass is 32.2. The van der Waals surface area contributed by atoms with Crippen molar-refractivity contribution in [1.29, 1.82) is 0 Å². The molecule has 1 N–H and O–H groups in total. The Hall–Kier alpha value is -0.920. The Morgan fingerprint density at radius 3 is 2.00 bits per heavy atom. The summed E-state index contributed by atoms with van der Waals surface area (Å²) in [6, 6.07) is 5.78. The van der Waals surface area contributed by atoms with E-state index >= 15 is 0 Å². The topological polar surface area (TPSA) is 80.3 Å². The van der Waals surface area contributed by atoms with Gasteiger partial charge in [-0.1, -0.05) is 6.42 Å². The predicted octanol–water partition coefficient (Wildman–Crippen LogP) is 1.64. The number of hydrogen-bond acceptors (Lipinski definition) is 5. The van der Waals surface area contributed by atoms with Crippen LogP contribution in [0.25, 0.3) is 0 Å². The van der Waals surface area contributed by atoms with Gasteiger partial charge in [0.15, 0.2) is 19.7 Å². The number of hydrogen-bond donors (Lipinski definition) is 1. The molecule has 0 saturated heterocycles. The monoisotopic (exact) mass is 333 g/mol. The van der Waals surface area contributed by atoms with Gasteiger partial charge >= 0.3 is 0 Å². The van der Waals surface area contributed by atoms with Crippen LogP contribution in [0.2, 0.25) is 0 Å². The maximum absolute atomic E-state index is 12.1. The van der Waals surface area contributed by atoms with Gasteiger partial charge in [0.05, 0.1) is 15.5 Å². The van der Waals surface area contributed by atoms with Gasteiger partial charge in [-0.2, -0.15) is 0 Å². The lowest BCUT2D eigenvalue weighted by Gasteiger charge is -2.09. The molecule has 5 nitrogen and oxygen atoms in total. The highest BCUT2D eigenvalue weighted by Gasteiger charge is 2.15. The molecule has 1 atom stereocenters. The molecule has 1 aromatic rings. The number of rotatable bonds is 8. The summed E-state index contributed by atoms with van der Waals surface area (Å²) in [5, 5.41) is 3.11. The van der Waals surface area contributed by atoms with E-state index in [4.69, 9.17) is 0 Å². The quantitative estimate of drug-likeness (QED) is 0.732. The van der Waals surface area contributed by atoms with E-state index in [9.17, 15) is 16.8 Å². The van der Waals surface area contributed by atoms with E-state index in [0.717, 1.165) is 19.1 Å². The summed E-state index contributed by atoms with van der Waals surface area (Å²) in [5.74, 6) is 0.0850. The Balaban J connectivity index is 2.67. The van der Waals surface area contributed by atoms with E-state index in [1.165, 1.54) is 24.3 Å². The highest BCUT2D eigenvalue weighted by Crippen LogP contribution is 2.17. The minimum atomic E-state index is -3.34. The van der Waals surface area contributed by atoms with E-state index in [1.54, 1.807) is 0 Å². The number of sulfone groups is 2. The molecule has 0 aliphatic carbocycles. The third-order valence-corrected chi connectivity index (χ3v) is 6.35. The second-order valence-electron chi connectivity index (χ2n) is 5.25. The Morgan fingerprint density at radius 1 is 1.00 bits per heavy atom. The molecule has 0 aliphatic rings. The largest absolute Gasteiger partial charge is 0.317 e. The van der Waals surface area contributed by atoms with Crippen LogP contribution in [0.5, 0.6) is 0 Å². The molecular weight excluding hydrogens is 310 g/mol. The van der Waals surface area contributed by atoms with Crippen LogP contribution in [0.1, 0.15) is 26.2 Å². The number of unbranched alkanes of at least 4 members (excludes halogenated alkanes) is 1. The second-order valence-corrected chi connectivity index (χ2v) is 9.37. The van der Waals surface area contributed by atoms with Gasteiger partial charge in [0.1, 0.15) is 0 Å². The Morgan fingerprint density at radius 2 is 1.52 bits per heavy atom. The molecule has 0 heterocycles. The molecule has 1 unspecified atom stereocenters. The van der Waals surface area contributed by atoms with E-state index < -0.39 is 19.7 Å². The molecule has 0 amide bonds. The summed E-state index contributed by atoms with van der Waals surface area (Å²) in [6.07, 6.45) is 3.46. The van der Waals surface area contributed by atoms with E-state index in [-0.39, 0.29) is 15.5 Å². The molecule has 0 aliphatic heterocycles. The summed E-state index contributed by atoms with van der Waals surface area (Å²) in [7, 11) is -4.76. The zero-order valence-corrected chi connectivity index (χ0v) is 14.3. The van der Waals surface area contributed by atoms with Crippen LogP contribution in [0.3, 0.4) is 0 Å². The van der Waals surface area contributed by atoms with E-state index in [2.05, 4.69) is 12.2 Å². The van der Waals surface area contributed by atoms with Gasteiger partial charge in [-0.05, 0) is 51.1 Å². The predicted molar refractivity (Wildman–Crippen MR) is 84.0 cm³/mol. The summed E-state index contributed by atoms with van der Waals surface area (Å²) >= 11 is 0. The van der Waals surface area contributed by atoms with Gasteiger partial charge in [-0.3, -0.25) is 0 Å². The molecular formula is C14H23NO4S2. The number of nitrogens with one attached hydrogen (secondary N) is 1. The van der Waals surface area contributed by atoms with E-state index in [0.29, 0.717) is 12.5 Å². The average molecular weight is 333 g/mol.